The van der Waals surface area contributed by atoms with Gasteiger partial charge in [-0.3, -0.25) is 0 Å². The molecule has 0 aliphatic heterocycles. The second-order valence-corrected chi connectivity index (χ2v) is 6.18. The highest BCUT2D eigenvalue weighted by atomic mass is 79.9. The van der Waals surface area contributed by atoms with Crippen molar-refractivity contribution in [2.45, 2.75) is 26.3 Å². The van der Waals surface area contributed by atoms with Gasteiger partial charge in [0, 0.05) is 21.8 Å². The molecule has 1 atom stereocenters. The lowest BCUT2D eigenvalue weighted by Crippen LogP contribution is -2.14. The second kappa shape index (κ2) is 5.66. The van der Waals surface area contributed by atoms with E-state index in [1.54, 1.807) is 0 Å². The third kappa shape index (κ3) is 2.52. The average molecular weight is 344 g/mol. The van der Waals surface area contributed by atoms with Gasteiger partial charge in [-0.15, -0.1) is 0 Å². The van der Waals surface area contributed by atoms with Crippen molar-refractivity contribution in [2.75, 3.05) is 0 Å². The van der Waals surface area contributed by atoms with Crippen LogP contribution in [0.1, 0.15) is 35.4 Å². The first kappa shape index (κ1) is 14.4. The Bertz CT molecular complexity index is 791. The minimum absolute atomic E-state index is 0.180. The van der Waals surface area contributed by atoms with Gasteiger partial charge < -0.3 is 10.2 Å². The van der Waals surface area contributed by atoms with Crippen LogP contribution in [0, 0.1) is 6.92 Å². The molecule has 0 aliphatic carbocycles. The molecule has 0 amide bonds. The van der Waals surface area contributed by atoms with Gasteiger partial charge in [-0.25, -0.2) is 0 Å². The fraction of sp³-hybridized carbons (Fsp3) is 0.222. The summed E-state index contributed by atoms with van der Waals surface area (Å²) in [5.41, 5.74) is 10.9. The summed E-state index contributed by atoms with van der Waals surface area (Å²) in [5, 5.41) is 1.11. The molecule has 1 heterocycles. The van der Waals surface area contributed by atoms with Crippen molar-refractivity contribution in [1.82, 2.24) is 0 Å². The summed E-state index contributed by atoms with van der Waals surface area (Å²) in [5.74, 6) is 0.975. The molecule has 0 radical (unpaired) electrons. The number of hydrogen-bond acceptors (Lipinski definition) is 2. The van der Waals surface area contributed by atoms with Crippen LogP contribution in [-0.4, -0.2) is 0 Å². The number of hydrogen-bond donors (Lipinski definition) is 1. The van der Waals surface area contributed by atoms with Gasteiger partial charge >= 0.3 is 0 Å². The Hall–Kier alpha value is -1.58. The van der Waals surface area contributed by atoms with E-state index < -0.39 is 0 Å². The Labute approximate surface area is 133 Å². The Kier molecular flexibility index (Phi) is 3.87. The molecule has 21 heavy (non-hydrogen) atoms. The molecule has 0 aliphatic rings. The molecule has 3 aromatic rings. The van der Waals surface area contributed by atoms with Gasteiger partial charge in [0.2, 0.25) is 0 Å². The van der Waals surface area contributed by atoms with Crippen LogP contribution in [-0.2, 0) is 6.42 Å². The number of furan rings is 1. The molecule has 2 nitrogen and oxygen atoms in total. The molecule has 0 saturated heterocycles. The van der Waals surface area contributed by atoms with Gasteiger partial charge in [0.1, 0.15) is 11.3 Å². The van der Waals surface area contributed by atoms with E-state index in [2.05, 4.69) is 48.0 Å². The minimum atomic E-state index is -0.180. The highest BCUT2D eigenvalue weighted by Crippen LogP contribution is 2.35. The molecular weight excluding hydrogens is 326 g/mol. The van der Waals surface area contributed by atoms with Crippen LogP contribution in [0.3, 0.4) is 0 Å². The molecule has 1 unspecified atom stereocenters. The summed E-state index contributed by atoms with van der Waals surface area (Å²) in [7, 11) is 0. The first-order valence-electron chi connectivity index (χ1n) is 7.13. The first-order valence-corrected chi connectivity index (χ1v) is 7.93. The third-order valence-corrected chi connectivity index (χ3v) is 4.41. The Morgan fingerprint density at radius 1 is 1.19 bits per heavy atom. The molecule has 0 fully saturated rings. The van der Waals surface area contributed by atoms with E-state index in [0.29, 0.717) is 0 Å². The van der Waals surface area contributed by atoms with Crippen LogP contribution in [0.4, 0.5) is 0 Å². The smallest absolute Gasteiger partial charge is 0.134 e. The van der Waals surface area contributed by atoms with E-state index in [4.69, 9.17) is 10.2 Å². The van der Waals surface area contributed by atoms with E-state index >= 15 is 0 Å². The number of para-hydroxylation sites is 1. The number of nitrogens with two attached hydrogens (primary N) is 1. The monoisotopic (exact) mass is 343 g/mol. The zero-order chi connectivity index (χ0) is 15.0. The van der Waals surface area contributed by atoms with E-state index in [0.717, 1.165) is 38.7 Å². The number of fused-ring (bicyclic) bond motifs is 1. The highest BCUT2D eigenvalue weighted by molar-refractivity contribution is 9.10. The fourth-order valence-corrected chi connectivity index (χ4v) is 3.20. The maximum Gasteiger partial charge on any atom is 0.134 e. The summed E-state index contributed by atoms with van der Waals surface area (Å²) < 4.78 is 7.02. The minimum Gasteiger partial charge on any atom is -0.461 e. The van der Waals surface area contributed by atoms with Crippen molar-refractivity contribution in [2.24, 2.45) is 5.73 Å². The van der Waals surface area contributed by atoms with E-state index in [1.165, 1.54) is 5.56 Å². The number of benzene rings is 2. The maximum absolute atomic E-state index is 6.59. The van der Waals surface area contributed by atoms with E-state index in [9.17, 15) is 0 Å². The second-order valence-electron chi connectivity index (χ2n) is 5.27. The molecule has 1 aromatic heterocycles. The van der Waals surface area contributed by atoms with Gasteiger partial charge in [-0.2, -0.15) is 0 Å². The summed E-state index contributed by atoms with van der Waals surface area (Å²) in [6, 6.07) is 14.2. The maximum atomic E-state index is 6.59. The molecule has 108 valence electrons. The standard InChI is InChI=1S/C18H18BrNO/c1-3-15-17(13-6-4-5-7-16(13)21-15)18(20)14-10-12(19)9-8-11(14)2/h4-10,18H,3,20H2,1-2H3. The van der Waals surface area contributed by atoms with E-state index in [-0.39, 0.29) is 6.04 Å². The lowest BCUT2D eigenvalue weighted by atomic mass is 9.93. The Morgan fingerprint density at radius 2 is 1.95 bits per heavy atom. The van der Waals surface area contributed by atoms with E-state index in [1.807, 2.05) is 24.3 Å². The summed E-state index contributed by atoms with van der Waals surface area (Å²) >= 11 is 3.53. The van der Waals surface area contributed by atoms with Crippen molar-refractivity contribution < 1.29 is 4.42 Å². The lowest BCUT2D eigenvalue weighted by Gasteiger charge is -2.16. The summed E-state index contributed by atoms with van der Waals surface area (Å²) in [4.78, 5) is 0. The average Bonchev–Trinajstić information content (AvgIpc) is 2.87. The largest absolute Gasteiger partial charge is 0.461 e. The Balaban J connectivity index is 2.21. The molecule has 0 spiro atoms. The van der Waals surface area contributed by atoms with Crippen molar-refractivity contribution in [3.63, 3.8) is 0 Å². The molecule has 3 rings (SSSR count). The zero-order valence-electron chi connectivity index (χ0n) is 12.2. The molecule has 2 N–H and O–H groups in total. The number of halogens is 1. The highest BCUT2D eigenvalue weighted by Gasteiger charge is 2.21. The molecule has 0 saturated carbocycles. The van der Waals surface area contributed by atoms with Gasteiger partial charge in [0.05, 0.1) is 6.04 Å². The van der Waals surface area contributed by atoms with Gasteiger partial charge in [-0.1, -0.05) is 47.1 Å². The zero-order valence-corrected chi connectivity index (χ0v) is 13.8. The van der Waals surface area contributed by atoms with Crippen LogP contribution < -0.4 is 5.73 Å². The quantitative estimate of drug-likeness (QED) is 0.717. The number of aryl methyl sites for hydroxylation is 2. The molecule has 3 heteroatoms. The van der Waals surface area contributed by atoms with Crippen molar-refractivity contribution in [3.05, 3.63) is 69.4 Å². The third-order valence-electron chi connectivity index (χ3n) is 3.92. The van der Waals surface area contributed by atoms with Crippen molar-refractivity contribution in [1.29, 1.82) is 0 Å². The number of rotatable bonds is 3. The molecule has 2 aromatic carbocycles. The van der Waals surface area contributed by atoms with Crippen LogP contribution in [0.15, 0.2) is 51.4 Å². The summed E-state index contributed by atoms with van der Waals surface area (Å²) in [6.07, 6.45) is 0.838. The normalized spacial score (nSPS) is 12.8. The van der Waals surface area contributed by atoms with Gasteiger partial charge in [0.25, 0.3) is 0 Å². The van der Waals surface area contributed by atoms with Crippen molar-refractivity contribution in [3.8, 4) is 0 Å². The fourth-order valence-electron chi connectivity index (χ4n) is 2.82. The summed E-state index contributed by atoms with van der Waals surface area (Å²) in [6.45, 7) is 4.19. The van der Waals surface area contributed by atoms with Crippen LogP contribution >= 0.6 is 15.9 Å². The van der Waals surface area contributed by atoms with Gasteiger partial charge in [0.15, 0.2) is 0 Å². The SMILES string of the molecule is CCc1oc2ccccc2c1C(N)c1cc(Br)ccc1C. The van der Waals surface area contributed by atoms with Gasteiger partial charge in [-0.05, 0) is 36.2 Å². The topological polar surface area (TPSA) is 39.2 Å². The van der Waals surface area contributed by atoms with Crippen LogP contribution in [0.25, 0.3) is 11.0 Å². The molecular formula is C18H18BrNO. The predicted molar refractivity (Wildman–Crippen MR) is 90.5 cm³/mol. The Morgan fingerprint density at radius 3 is 2.71 bits per heavy atom. The van der Waals surface area contributed by atoms with Crippen LogP contribution in [0.5, 0.6) is 0 Å². The predicted octanol–water partition coefficient (Wildman–Crippen LogP) is 5.11. The van der Waals surface area contributed by atoms with Crippen molar-refractivity contribution >= 4 is 26.9 Å². The molecule has 0 bridgehead atoms. The first-order chi connectivity index (χ1) is 10.1. The lowest BCUT2D eigenvalue weighted by molar-refractivity contribution is 0.546. The van der Waals surface area contributed by atoms with Crippen LogP contribution in [0.2, 0.25) is 0 Å².